The summed E-state index contributed by atoms with van der Waals surface area (Å²) < 4.78 is 53.1. The van der Waals surface area contributed by atoms with Gasteiger partial charge in [0.05, 0.1) is 63.4 Å². The fraction of sp³-hybridized carbons (Fsp3) is 0.915. The third-order valence-corrected chi connectivity index (χ3v) is 22.7. The van der Waals surface area contributed by atoms with Crippen LogP contribution in [0.25, 0.3) is 0 Å². The Hall–Kier alpha value is -2.13. The minimum atomic E-state index is -1.96. The number of hydrogen-bond acceptors (Lipinski definition) is 29. The Balaban J connectivity index is 0.919. The van der Waals surface area contributed by atoms with Gasteiger partial charge in [0, 0.05) is 16.2 Å². The fourth-order valence-electron chi connectivity index (χ4n) is 16.7. The predicted molar refractivity (Wildman–Crippen MR) is 294 cm³/mol. The van der Waals surface area contributed by atoms with Gasteiger partial charge in [0.2, 0.25) is 0 Å². The average molecular weight is 1270 g/mol. The molecule has 29 heteroatoms. The summed E-state index contributed by atoms with van der Waals surface area (Å²) in [5.41, 5.74) is -3.62. The van der Waals surface area contributed by atoms with Gasteiger partial charge in [-0.1, -0.05) is 45.4 Å². The lowest BCUT2D eigenvalue weighted by Crippen LogP contribution is -2.67. The number of hydrogen-bond donors (Lipinski definition) is 19. The summed E-state index contributed by atoms with van der Waals surface area (Å²) in [6, 6.07) is 0. The predicted octanol–water partition coefficient (Wildman–Crippen LogP) is -6.07. The van der Waals surface area contributed by atoms with Crippen molar-refractivity contribution >= 4 is 5.97 Å². The Morgan fingerprint density at radius 1 is 0.614 bits per heavy atom. The zero-order valence-corrected chi connectivity index (χ0v) is 50.4. The summed E-state index contributed by atoms with van der Waals surface area (Å²) >= 11 is 0. The fourth-order valence-corrected chi connectivity index (χ4v) is 16.7. The van der Waals surface area contributed by atoms with Crippen LogP contribution in [0.5, 0.6) is 0 Å². The highest BCUT2D eigenvalue weighted by Crippen LogP contribution is 2.74. The summed E-state index contributed by atoms with van der Waals surface area (Å²) in [5.74, 6) is -1.12. The third kappa shape index (κ3) is 11.8. The van der Waals surface area contributed by atoms with E-state index in [0.717, 1.165) is 5.57 Å². The molecule has 4 saturated heterocycles. The lowest BCUT2D eigenvalue weighted by atomic mass is 9.35. The van der Waals surface area contributed by atoms with Gasteiger partial charge in [-0.25, -0.2) is 0 Å². The van der Waals surface area contributed by atoms with Gasteiger partial charge in [0.15, 0.2) is 25.2 Å². The second kappa shape index (κ2) is 26.6. The quantitative estimate of drug-likeness (QED) is 0.0423. The van der Waals surface area contributed by atoms with Gasteiger partial charge in [-0.15, -0.1) is 0 Å². The van der Waals surface area contributed by atoms with Gasteiger partial charge in [0.25, 0.3) is 0 Å². The van der Waals surface area contributed by atoms with Crippen molar-refractivity contribution in [3.05, 3.63) is 23.3 Å². The molecule has 33 atom stereocenters. The monoisotopic (exact) mass is 1270 g/mol. The van der Waals surface area contributed by atoms with Crippen LogP contribution >= 0.6 is 0 Å². The van der Waals surface area contributed by atoms with E-state index in [1.807, 2.05) is 6.92 Å². The number of carbonyl (C=O) groups excluding carboxylic acids is 1. The number of aliphatic hydroxyl groups excluding tert-OH is 19. The molecule has 29 nitrogen and oxygen atoms in total. The molecule has 506 valence electrons. The van der Waals surface area contributed by atoms with Crippen molar-refractivity contribution in [1.82, 2.24) is 0 Å². The molecule has 88 heavy (non-hydrogen) atoms. The number of ether oxygens (including phenoxy) is 9. The summed E-state index contributed by atoms with van der Waals surface area (Å²) in [6.45, 7) is 6.96. The second-order valence-corrected chi connectivity index (χ2v) is 27.7. The molecule has 19 N–H and O–H groups in total. The maximum absolute atomic E-state index is 14.4. The highest BCUT2D eigenvalue weighted by molar-refractivity contribution is 5.77. The Morgan fingerprint density at radius 3 is 1.83 bits per heavy atom. The Bertz CT molecular complexity index is 2460. The molecule has 0 spiro atoms. The van der Waals surface area contributed by atoms with Gasteiger partial charge in [-0.3, -0.25) is 4.79 Å². The first kappa shape index (κ1) is 70.2. The average Bonchev–Trinajstić information content (AvgIpc) is 0.677. The minimum absolute atomic E-state index is 0.0666. The molecule has 5 aliphatic carbocycles. The topological polar surface area (TPSA) is 485 Å². The molecule has 0 radical (unpaired) electrons. The largest absolute Gasteiger partial charge is 0.462 e. The molecule has 0 bridgehead atoms. The molecular formula is C59H96O29. The first-order valence-electron chi connectivity index (χ1n) is 30.7. The van der Waals surface area contributed by atoms with Crippen LogP contribution in [0.4, 0.5) is 0 Å². The van der Waals surface area contributed by atoms with Crippen molar-refractivity contribution in [2.24, 2.45) is 44.3 Å². The van der Waals surface area contributed by atoms with E-state index in [1.54, 1.807) is 6.92 Å². The standard InChI is InChI=1S/C59H96O29/c1-24-36(68)47(87-52-48(43(75)39(71)30(19-62)84-52)88-50-45(77)41(73)38(70)29(18-61)83-50)46(78)51(82-24)86-35-10-11-55(3)32(56(35,4)22-63)9-12-57(5)33(55)8-7-25-26-15-54(2,13-14-59(26,23-64)34(67)16-58(25,57)6)53(79)81-21-31-40(72)42(74)44(76)49(85-31)80-20-28(66)37(69)27(65)17-60/h7-8,24,27-52,60-78H,9-23H2,1-6H3/t24-,27-,28+,29-,30-,31-,32-,33-,34-,35+,36+,37+,38-,39-,40-,41+,42+,43+,44-,45-,46-,47+,48-,49-,50+,51+,52+,54+,55+,56+,57-,58-,59-/m1/s1. The lowest BCUT2D eigenvalue weighted by molar-refractivity contribution is -0.391. The Labute approximate surface area is 509 Å². The number of carbonyl (C=O) groups is 1. The van der Waals surface area contributed by atoms with Gasteiger partial charge >= 0.3 is 5.97 Å². The zero-order chi connectivity index (χ0) is 64.7. The highest BCUT2D eigenvalue weighted by Gasteiger charge is 2.70. The van der Waals surface area contributed by atoms with Gasteiger partial charge < -0.3 is 140 Å². The summed E-state index contributed by atoms with van der Waals surface area (Å²) in [7, 11) is 0. The molecule has 0 aromatic heterocycles. The summed E-state index contributed by atoms with van der Waals surface area (Å²) in [4.78, 5) is 14.4. The van der Waals surface area contributed by atoms with E-state index in [2.05, 4.69) is 32.9 Å². The van der Waals surface area contributed by atoms with E-state index in [0.29, 0.717) is 31.3 Å². The molecule has 7 fully saturated rings. The number of fused-ring (bicyclic) bond motifs is 6. The van der Waals surface area contributed by atoms with Crippen LogP contribution < -0.4 is 0 Å². The van der Waals surface area contributed by atoms with Crippen molar-refractivity contribution in [3.63, 3.8) is 0 Å². The van der Waals surface area contributed by atoms with Crippen molar-refractivity contribution in [2.75, 3.05) is 46.2 Å². The highest BCUT2D eigenvalue weighted by atomic mass is 16.8. The molecule has 4 aliphatic heterocycles. The molecule has 0 unspecified atom stereocenters. The van der Waals surface area contributed by atoms with Gasteiger partial charge in [-0.05, 0) is 93.5 Å². The smallest absolute Gasteiger partial charge is 0.312 e. The third-order valence-electron chi connectivity index (χ3n) is 22.7. The minimum Gasteiger partial charge on any atom is -0.462 e. The van der Waals surface area contributed by atoms with Crippen LogP contribution in [0.3, 0.4) is 0 Å². The molecule has 3 saturated carbocycles. The Morgan fingerprint density at radius 2 is 1.20 bits per heavy atom. The van der Waals surface area contributed by atoms with E-state index in [-0.39, 0.29) is 44.1 Å². The Kier molecular flexibility index (Phi) is 21.2. The normalized spacial score (nSPS) is 51.5. The molecule has 0 aromatic rings. The van der Waals surface area contributed by atoms with Crippen molar-refractivity contribution in [1.29, 1.82) is 0 Å². The first-order valence-corrected chi connectivity index (χ1v) is 30.7. The molecule has 0 aromatic carbocycles. The van der Waals surface area contributed by atoms with Gasteiger partial charge in [-0.2, -0.15) is 0 Å². The van der Waals surface area contributed by atoms with E-state index >= 15 is 0 Å². The van der Waals surface area contributed by atoms with Crippen molar-refractivity contribution < 1.29 is 144 Å². The first-order chi connectivity index (χ1) is 41.3. The van der Waals surface area contributed by atoms with E-state index < -0.39 is 231 Å². The SMILES string of the molecule is C[C@H]1O[C@@H](O[C@H]2CC[C@@]3(C)[C@@H](CC[C@]4(C)[C@@H]3C=CC3=C5C[C@@](C)(C(=O)OC[C@H]6O[C@@H](OC[C@H](O)[C@@H](O)[C@H](O)CO)[C@H](O)[C@@H](O)[C@@H]6O)CC[C@]5(CO)[C@H](O)C[C@]34C)[C@]2(C)CO)[C@H](O)[C@@H](O[C@@H]2O[C@H](CO)[C@@H](O)[C@H](O)[C@H]2O[C@@H]2O[C@H](CO)[C@@H](O)[C@H](O)[C@H]2O)[C@H]1O. The van der Waals surface area contributed by atoms with Crippen LogP contribution in [-0.2, 0) is 47.4 Å². The second-order valence-electron chi connectivity index (χ2n) is 27.7. The molecule has 0 amide bonds. The van der Waals surface area contributed by atoms with Crippen LogP contribution in [0, 0.1) is 44.3 Å². The maximum Gasteiger partial charge on any atom is 0.312 e. The molecule has 9 rings (SSSR count). The van der Waals surface area contributed by atoms with E-state index in [1.165, 1.54) is 6.92 Å². The van der Waals surface area contributed by atoms with E-state index in [9.17, 15) is 96.7 Å². The maximum atomic E-state index is 14.4. The van der Waals surface area contributed by atoms with Crippen LogP contribution in [0.2, 0.25) is 0 Å². The summed E-state index contributed by atoms with van der Waals surface area (Å²) in [5, 5.41) is 204. The van der Waals surface area contributed by atoms with Crippen LogP contribution in [-0.4, -0.2) is 303 Å². The van der Waals surface area contributed by atoms with E-state index in [4.69, 9.17) is 47.7 Å². The lowest BCUT2D eigenvalue weighted by Gasteiger charge is -2.70. The number of esters is 1. The number of aliphatic hydroxyl groups is 19. The molecule has 9 aliphatic rings. The zero-order valence-electron chi connectivity index (χ0n) is 50.4. The molecule has 4 heterocycles. The molecular weight excluding hydrogens is 1170 g/mol. The van der Waals surface area contributed by atoms with Gasteiger partial charge in [0.1, 0.15) is 116 Å². The number of rotatable bonds is 19. The van der Waals surface area contributed by atoms with Crippen LogP contribution in [0.15, 0.2) is 23.3 Å². The van der Waals surface area contributed by atoms with Crippen LogP contribution in [0.1, 0.15) is 92.9 Å². The van der Waals surface area contributed by atoms with Crippen molar-refractivity contribution in [2.45, 2.75) is 246 Å². The van der Waals surface area contributed by atoms with Crippen molar-refractivity contribution in [3.8, 4) is 0 Å². The number of allylic oxidation sites excluding steroid dienone is 3. The summed E-state index contributed by atoms with van der Waals surface area (Å²) in [6.07, 6.45) is -34.3.